The van der Waals surface area contributed by atoms with Gasteiger partial charge < -0.3 is 5.11 Å². The summed E-state index contributed by atoms with van der Waals surface area (Å²) in [6.45, 7) is 0. The maximum atomic E-state index is 12.3. The molecule has 0 bridgehead atoms. The van der Waals surface area contributed by atoms with Gasteiger partial charge in [0.15, 0.2) is 0 Å². The highest BCUT2D eigenvalue weighted by Crippen LogP contribution is 2.38. The van der Waals surface area contributed by atoms with Crippen LogP contribution in [0.4, 0.5) is 8.78 Å². The van der Waals surface area contributed by atoms with Crippen molar-refractivity contribution in [2.75, 3.05) is 0 Å². The minimum Gasteiger partial charge on any atom is -0.390 e. The Hall–Kier alpha value is -0.960. The number of benzene rings is 1. The lowest BCUT2D eigenvalue weighted by Gasteiger charge is -2.12. The minimum atomic E-state index is -2.32. The molecule has 0 radical (unpaired) electrons. The lowest BCUT2D eigenvalue weighted by Crippen LogP contribution is -2.13. The number of hydrogen-bond acceptors (Lipinski definition) is 1. The summed E-state index contributed by atoms with van der Waals surface area (Å²) in [5.74, 6) is 0. The van der Waals surface area contributed by atoms with Crippen LogP contribution in [0.3, 0.4) is 0 Å². The molecule has 0 unspecified atom stereocenters. The molecule has 0 atom stereocenters. The van der Waals surface area contributed by atoms with E-state index in [9.17, 15) is 13.9 Å². The molecule has 1 N–H and O–H groups in total. The van der Waals surface area contributed by atoms with Gasteiger partial charge >= 0.3 is 0 Å². The Morgan fingerprint density at radius 3 is 2.33 bits per heavy atom. The largest absolute Gasteiger partial charge is 0.390 e. The molecule has 0 amide bonds. The first-order valence-corrected chi connectivity index (χ1v) is 5.16. The van der Waals surface area contributed by atoms with E-state index in [1.165, 1.54) is 0 Å². The summed E-state index contributed by atoms with van der Waals surface area (Å²) >= 11 is 0. The zero-order valence-corrected chi connectivity index (χ0v) is 8.42. The predicted molar refractivity (Wildman–Crippen MR) is 54.0 cm³/mol. The van der Waals surface area contributed by atoms with Gasteiger partial charge in [0, 0.05) is 12.8 Å². The first kappa shape index (κ1) is 10.6. The molecule has 1 aliphatic carbocycles. The summed E-state index contributed by atoms with van der Waals surface area (Å²) in [6.07, 6.45) is -0.450. The third-order valence-corrected chi connectivity index (χ3v) is 2.84. The number of halogens is 2. The summed E-state index contributed by atoms with van der Waals surface area (Å²) in [4.78, 5) is 0. The van der Waals surface area contributed by atoms with E-state index < -0.39 is 12.0 Å². The Morgan fingerprint density at radius 2 is 1.80 bits per heavy atom. The topological polar surface area (TPSA) is 20.2 Å². The molecule has 1 aliphatic rings. The van der Waals surface area contributed by atoms with Gasteiger partial charge in [-0.3, -0.25) is 0 Å². The second-order valence-electron chi connectivity index (χ2n) is 4.27. The fourth-order valence-corrected chi connectivity index (χ4v) is 1.77. The lowest BCUT2D eigenvalue weighted by molar-refractivity contribution is 0.143. The zero-order chi connectivity index (χ0) is 10.9. The van der Waals surface area contributed by atoms with Crippen LogP contribution in [-0.4, -0.2) is 17.1 Å². The molecular weight excluding hydrogens is 198 g/mol. The molecule has 1 saturated carbocycles. The fourth-order valence-electron chi connectivity index (χ4n) is 1.77. The molecule has 1 nitrogen and oxygen atoms in total. The van der Waals surface area contributed by atoms with Gasteiger partial charge in [-0.1, -0.05) is 24.3 Å². The van der Waals surface area contributed by atoms with Crippen molar-refractivity contribution in [1.82, 2.24) is 0 Å². The van der Waals surface area contributed by atoms with Gasteiger partial charge in [0.1, 0.15) is 0 Å². The third kappa shape index (κ3) is 2.75. The molecule has 15 heavy (non-hydrogen) atoms. The fraction of sp³-hybridized carbons (Fsp3) is 0.500. The first-order chi connectivity index (χ1) is 7.09. The van der Waals surface area contributed by atoms with Crippen molar-refractivity contribution >= 4 is 0 Å². The Bertz CT molecular complexity index is 345. The van der Waals surface area contributed by atoms with Gasteiger partial charge in [0.2, 0.25) is 6.43 Å². The minimum absolute atomic E-state index is 0.216. The van der Waals surface area contributed by atoms with Crippen molar-refractivity contribution in [3.63, 3.8) is 0 Å². The third-order valence-electron chi connectivity index (χ3n) is 2.84. The molecule has 0 saturated heterocycles. The highest BCUT2D eigenvalue weighted by molar-refractivity contribution is 5.30. The standard InChI is InChI=1S/C12H14F2O/c13-11(14)7-9-3-1-2-4-10(9)8-12(15)5-6-12/h1-4,11,15H,5-8H2. The number of rotatable bonds is 4. The summed E-state index contributed by atoms with van der Waals surface area (Å²) in [7, 11) is 0. The molecule has 3 heteroatoms. The maximum Gasteiger partial charge on any atom is 0.242 e. The van der Waals surface area contributed by atoms with Crippen molar-refractivity contribution in [3.8, 4) is 0 Å². The Labute approximate surface area is 87.7 Å². The molecule has 82 valence electrons. The molecule has 1 aromatic rings. The normalized spacial score (nSPS) is 18.1. The quantitative estimate of drug-likeness (QED) is 0.813. The van der Waals surface area contributed by atoms with E-state index >= 15 is 0 Å². The van der Waals surface area contributed by atoms with Gasteiger partial charge in [-0.25, -0.2) is 8.78 Å². The van der Waals surface area contributed by atoms with E-state index in [1.54, 1.807) is 12.1 Å². The average Bonchev–Trinajstić information content (AvgIpc) is 2.86. The van der Waals surface area contributed by atoms with Crippen LogP contribution >= 0.6 is 0 Å². The van der Waals surface area contributed by atoms with Gasteiger partial charge in [0.05, 0.1) is 5.60 Å². The van der Waals surface area contributed by atoms with E-state index in [0.29, 0.717) is 12.0 Å². The molecule has 2 rings (SSSR count). The summed E-state index contributed by atoms with van der Waals surface area (Å²) in [5, 5.41) is 9.75. The van der Waals surface area contributed by atoms with E-state index in [0.717, 1.165) is 18.4 Å². The van der Waals surface area contributed by atoms with Crippen LogP contribution in [0.2, 0.25) is 0 Å². The van der Waals surface area contributed by atoms with Gasteiger partial charge in [-0.15, -0.1) is 0 Å². The first-order valence-electron chi connectivity index (χ1n) is 5.16. The maximum absolute atomic E-state index is 12.3. The van der Waals surface area contributed by atoms with Gasteiger partial charge in [0.25, 0.3) is 0 Å². The second kappa shape index (κ2) is 3.89. The van der Waals surface area contributed by atoms with Crippen LogP contribution in [0.15, 0.2) is 24.3 Å². The van der Waals surface area contributed by atoms with Crippen molar-refractivity contribution in [1.29, 1.82) is 0 Å². The summed E-state index contributed by atoms with van der Waals surface area (Å²) < 4.78 is 24.6. The summed E-state index contributed by atoms with van der Waals surface area (Å²) in [5.41, 5.74) is 0.906. The SMILES string of the molecule is OC1(Cc2ccccc2CC(F)F)CC1. The highest BCUT2D eigenvalue weighted by atomic mass is 19.3. The number of alkyl halides is 2. The van der Waals surface area contributed by atoms with Crippen molar-refractivity contribution in [3.05, 3.63) is 35.4 Å². The van der Waals surface area contributed by atoms with Crippen molar-refractivity contribution in [2.24, 2.45) is 0 Å². The zero-order valence-electron chi connectivity index (χ0n) is 8.42. The highest BCUT2D eigenvalue weighted by Gasteiger charge is 2.40. The van der Waals surface area contributed by atoms with E-state index in [-0.39, 0.29) is 6.42 Å². The second-order valence-corrected chi connectivity index (χ2v) is 4.27. The number of aliphatic hydroxyl groups is 1. The van der Waals surface area contributed by atoms with Crippen LogP contribution in [0, 0.1) is 0 Å². The van der Waals surface area contributed by atoms with Gasteiger partial charge in [-0.05, 0) is 24.0 Å². The van der Waals surface area contributed by atoms with E-state index in [4.69, 9.17) is 0 Å². The van der Waals surface area contributed by atoms with E-state index in [2.05, 4.69) is 0 Å². The lowest BCUT2D eigenvalue weighted by atomic mass is 9.98. The molecule has 0 heterocycles. The number of hydrogen-bond donors (Lipinski definition) is 1. The molecular formula is C12H14F2O. The Morgan fingerprint density at radius 1 is 1.20 bits per heavy atom. The van der Waals surface area contributed by atoms with Crippen LogP contribution in [0.25, 0.3) is 0 Å². The molecule has 0 aromatic heterocycles. The van der Waals surface area contributed by atoms with Crippen LogP contribution in [-0.2, 0) is 12.8 Å². The molecule has 1 aromatic carbocycles. The Balaban J connectivity index is 2.14. The molecule has 0 aliphatic heterocycles. The smallest absolute Gasteiger partial charge is 0.242 e. The molecule has 0 spiro atoms. The Kier molecular flexibility index (Phi) is 2.74. The van der Waals surface area contributed by atoms with Crippen LogP contribution in [0.1, 0.15) is 24.0 Å². The monoisotopic (exact) mass is 212 g/mol. The predicted octanol–water partition coefficient (Wildman–Crippen LogP) is 2.56. The van der Waals surface area contributed by atoms with E-state index in [1.807, 2.05) is 12.1 Å². The van der Waals surface area contributed by atoms with Crippen LogP contribution < -0.4 is 0 Å². The van der Waals surface area contributed by atoms with Crippen LogP contribution in [0.5, 0.6) is 0 Å². The summed E-state index contributed by atoms with van der Waals surface area (Å²) in [6, 6.07) is 7.13. The average molecular weight is 212 g/mol. The van der Waals surface area contributed by atoms with Gasteiger partial charge in [-0.2, -0.15) is 0 Å². The molecule has 1 fully saturated rings. The van der Waals surface area contributed by atoms with Crippen molar-refractivity contribution < 1.29 is 13.9 Å². The van der Waals surface area contributed by atoms with Crippen molar-refractivity contribution in [2.45, 2.75) is 37.7 Å².